The summed E-state index contributed by atoms with van der Waals surface area (Å²) in [7, 11) is 2.15. The van der Waals surface area contributed by atoms with Gasteiger partial charge in [0.15, 0.2) is 0 Å². The second-order valence-corrected chi connectivity index (χ2v) is 6.24. The smallest absolute Gasteiger partial charge is 0.219 e. The Morgan fingerprint density at radius 3 is 3.10 bits per heavy atom. The fourth-order valence-corrected chi connectivity index (χ4v) is 3.54. The first-order valence-corrected chi connectivity index (χ1v) is 7.78. The molecule has 0 saturated carbocycles. The minimum Gasteiger partial charge on any atom is -0.369 e. The lowest BCUT2D eigenvalue weighted by atomic mass is 9.91. The molecule has 5 heteroatoms. The normalized spacial score (nSPS) is 24.4. The van der Waals surface area contributed by atoms with Crippen LogP contribution in [0.2, 0.25) is 0 Å². The molecule has 1 aromatic heterocycles. The third-order valence-corrected chi connectivity index (χ3v) is 4.94. The number of nitrogens with zero attached hydrogens (tertiary/aromatic N) is 3. The molecule has 0 aromatic carbocycles. The number of fused-ring (bicyclic) bond motifs is 1. The van der Waals surface area contributed by atoms with Gasteiger partial charge >= 0.3 is 0 Å². The molecule has 3 heterocycles. The number of nitrogens with one attached hydrogen (secondary N) is 1. The van der Waals surface area contributed by atoms with Gasteiger partial charge in [0.2, 0.25) is 5.91 Å². The minimum atomic E-state index is 0.182. The summed E-state index contributed by atoms with van der Waals surface area (Å²) in [5, 5.41) is 3.33. The standard InChI is InChI=1S/C16H24N4O/c1-11-6-9-20(12(2)21)10-15(11)19(3)14-5-8-18-16-13(14)4-7-17-16/h5,8,11,15H,4,6-7,9-10H2,1-3H3,(H,17,18)/t11-,15?/m1/s1. The third-order valence-electron chi connectivity index (χ3n) is 4.94. The molecule has 3 rings (SSSR count). The van der Waals surface area contributed by atoms with Gasteiger partial charge in [-0.05, 0) is 24.8 Å². The summed E-state index contributed by atoms with van der Waals surface area (Å²) in [5.41, 5.74) is 2.57. The van der Waals surface area contributed by atoms with E-state index in [1.807, 2.05) is 11.1 Å². The van der Waals surface area contributed by atoms with Crippen molar-refractivity contribution in [1.82, 2.24) is 9.88 Å². The van der Waals surface area contributed by atoms with Gasteiger partial charge in [-0.15, -0.1) is 0 Å². The highest BCUT2D eigenvalue weighted by molar-refractivity contribution is 5.73. The van der Waals surface area contributed by atoms with Crippen molar-refractivity contribution in [1.29, 1.82) is 0 Å². The van der Waals surface area contributed by atoms with Crippen molar-refractivity contribution in [2.75, 3.05) is 36.9 Å². The summed E-state index contributed by atoms with van der Waals surface area (Å²) in [5.74, 6) is 1.79. The molecule has 21 heavy (non-hydrogen) atoms. The minimum absolute atomic E-state index is 0.182. The molecular formula is C16H24N4O. The van der Waals surface area contributed by atoms with Crippen LogP contribution in [0.5, 0.6) is 0 Å². The summed E-state index contributed by atoms with van der Waals surface area (Å²) >= 11 is 0. The Bertz CT molecular complexity index is 545. The quantitative estimate of drug-likeness (QED) is 0.900. The second kappa shape index (κ2) is 5.54. The summed E-state index contributed by atoms with van der Waals surface area (Å²) in [4.78, 5) is 20.4. The van der Waals surface area contributed by atoms with E-state index >= 15 is 0 Å². The largest absolute Gasteiger partial charge is 0.369 e. The number of likely N-dealkylation sites (N-methyl/N-ethyl adjacent to an activating group) is 1. The van der Waals surface area contributed by atoms with Gasteiger partial charge < -0.3 is 15.1 Å². The van der Waals surface area contributed by atoms with Crippen molar-refractivity contribution in [3.8, 4) is 0 Å². The first kappa shape index (κ1) is 14.2. The predicted molar refractivity (Wildman–Crippen MR) is 84.7 cm³/mol. The van der Waals surface area contributed by atoms with Crippen molar-refractivity contribution < 1.29 is 4.79 Å². The Labute approximate surface area is 126 Å². The van der Waals surface area contributed by atoms with Crippen molar-refractivity contribution in [3.63, 3.8) is 0 Å². The highest BCUT2D eigenvalue weighted by Gasteiger charge is 2.32. The molecule has 0 aliphatic carbocycles. The predicted octanol–water partition coefficient (Wildman–Crippen LogP) is 1.74. The fraction of sp³-hybridized carbons (Fsp3) is 0.625. The average Bonchev–Trinajstić information content (AvgIpc) is 2.95. The van der Waals surface area contributed by atoms with Gasteiger partial charge in [0.05, 0.1) is 0 Å². The highest BCUT2D eigenvalue weighted by atomic mass is 16.2. The maximum atomic E-state index is 11.7. The summed E-state index contributed by atoms with van der Waals surface area (Å²) in [6.45, 7) is 6.63. The number of carbonyl (C=O) groups excluding carboxylic acids is 1. The van der Waals surface area contributed by atoms with E-state index in [9.17, 15) is 4.79 Å². The maximum Gasteiger partial charge on any atom is 0.219 e. The van der Waals surface area contributed by atoms with Crippen molar-refractivity contribution in [3.05, 3.63) is 17.8 Å². The number of pyridine rings is 1. The van der Waals surface area contributed by atoms with Gasteiger partial charge in [-0.25, -0.2) is 4.98 Å². The lowest BCUT2D eigenvalue weighted by Gasteiger charge is -2.42. The zero-order valence-electron chi connectivity index (χ0n) is 13.1. The Kier molecular flexibility index (Phi) is 3.74. The van der Waals surface area contributed by atoms with E-state index in [1.54, 1.807) is 6.92 Å². The first-order chi connectivity index (χ1) is 10.1. The van der Waals surface area contributed by atoms with E-state index in [4.69, 9.17) is 0 Å². The molecule has 1 aromatic rings. The molecule has 1 amide bonds. The fourth-order valence-electron chi connectivity index (χ4n) is 3.54. The zero-order valence-corrected chi connectivity index (χ0v) is 13.1. The van der Waals surface area contributed by atoms with Crippen molar-refractivity contribution in [2.24, 2.45) is 5.92 Å². The van der Waals surface area contributed by atoms with Crippen LogP contribution in [0.25, 0.3) is 0 Å². The molecule has 1 N–H and O–H groups in total. The van der Waals surface area contributed by atoms with Crippen LogP contribution >= 0.6 is 0 Å². The van der Waals surface area contributed by atoms with Crippen LogP contribution in [0.3, 0.4) is 0 Å². The molecule has 0 radical (unpaired) electrons. The second-order valence-electron chi connectivity index (χ2n) is 6.24. The lowest BCUT2D eigenvalue weighted by molar-refractivity contribution is -0.130. The number of carbonyl (C=O) groups is 1. The average molecular weight is 288 g/mol. The molecule has 5 nitrogen and oxygen atoms in total. The lowest BCUT2D eigenvalue weighted by Crippen LogP contribution is -2.52. The molecular weight excluding hydrogens is 264 g/mol. The van der Waals surface area contributed by atoms with Gasteiger partial charge in [-0.3, -0.25) is 4.79 Å². The van der Waals surface area contributed by atoms with Crippen LogP contribution in [0, 0.1) is 5.92 Å². The van der Waals surface area contributed by atoms with Crippen LogP contribution in [0.15, 0.2) is 12.3 Å². The van der Waals surface area contributed by atoms with Crippen LogP contribution in [-0.2, 0) is 11.2 Å². The summed E-state index contributed by atoms with van der Waals surface area (Å²) in [6, 6.07) is 2.47. The van der Waals surface area contributed by atoms with E-state index in [2.05, 4.69) is 35.2 Å². The number of likely N-dealkylation sites (tertiary alicyclic amines) is 1. The molecule has 2 atom stereocenters. The molecule has 0 spiro atoms. The maximum absolute atomic E-state index is 11.7. The van der Waals surface area contributed by atoms with Gasteiger partial charge in [0, 0.05) is 57.1 Å². The van der Waals surface area contributed by atoms with Gasteiger partial charge in [0.25, 0.3) is 0 Å². The van der Waals surface area contributed by atoms with E-state index in [0.29, 0.717) is 12.0 Å². The number of aromatic nitrogens is 1. The van der Waals surface area contributed by atoms with Gasteiger partial charge in [-0.2, -0.15) is 0 Å². The molecule has 1 saturated heterocycles. The van der Waals surface area contributed by atoms with E-state index < -0.39 is 0 Å². The summed E-state index contributed by atoms with van der Waals surface area (Å²) < 4.78 is 0. The van der Waals surface area contributed by atoms with E-state index in [0.717, 1.165) is 38.3 Å². The highest BCUT2D eigenvalue weighted by Crippen LogP contribution is 2.33. The van der Waals surface area contributed by atoms with Crippen LogP contribution < -0.4 is 10.2 Å². The number of hydrogen-bond donors (Lipinski definition) is 1. The van der Waals surface area contributed by atoms with Crippen molar-refractivity contribution >= 4 is 17.4 Å². The Hall–Kier alpha value is -1.78. The molecule has 2 aliphatic rings. The van der Waals surface area contributed by atoms with E-state index in [1.165, 1.54) is 11.3 Å². The zero-order chi connectivity index (χ0) is 15.0. The van der Waals surface area contributed by atoms with Crippen LogP contribution in [-0.4, -0.2) is 48.5 Å². The third kappa shape index (κ3) is 2.57. The Balaban J connectivity index is 1.85. The topological polar surface area (TPSA) is 48.5 Å². The number of amides is 1. The van der Waals surface area contributed by atoms with Crippen LogP contribution in [0.4, 0.5) is 11.5 Å². The van der Waals surface area contributed by atoms with Gasteiger partial charge in [-0.1, -0.05) is 6.92 Å². The monoisotopic (exact) mass is 288 g/mol. The SMILES string of the molecule is CC(=O)N1CC[C@@H](C)C(N(C)c2ccnc3c2CCN3)C1. The molecule has 2 aliphatic heterocycles. The molecule has 1 fully saturated rings. The molecule has 0 bridgehead atoms. The molecule has 114 valence electrons. The number of rotatable bonds is 2. The van der Waals surface area contributed by atoms with Crippen LogP contribution in [0.1, 0.15) is 25.8 Å². The number of hydrogen-bond acceptors (Lipinski definition) is 4. The van der Waals surface area contributed by atoms with E-state index in [-0.39, 0.29) is 5.91 Å². The van der Waals surface area contributed by atoms with Crippen molar-refractivity contribution in [2.45, 2.75) is 32.7 Å². The number of anilines is 2. The number of piperidine rings is 1. The Morgan fingerprint density at radius 1 is 1.52 bits per heavy atom. The Morgan fingerprint density at radius 2 is 2.33 bits per heavy atom. The first-order valence-electron chi connectivity index (χ1n) is 7.78. The van der Waals surface area contributed by atoms with Gasteiger partial charge in [0.1, 0.15) is 5.82 Å². The summed E-state index contributed by atoms with van der Waals surface area (Å²) in [6.07, 6.45) is 3.97. The molecule has 1 unspecified atom stereocenters.